The van der Waals surface area contributed by atoms with Gasteiger partial charge in [-0.1, -0.05) is 31.1 Å². The first-order chi connectivity index (χ1) is 7.18. The van der Waals surface area contributed by atoms with Crippen molar-refractivity contribution in [2.75, 3.05) is 0 Å². The molecule has 0 radical (unpaired) electrons. The molecule has 0 fully saturated rings. The van der Waals surface area contributed by atoms with Gasteiger partial charge in [-0.2, -0.15) is 0 Å². The summed E-state index contributed by atoms with van der Waals surface area (Å²) in [5, 5.41) is 18.1. The highest BCUT2D eigenvalue weighted by atomic mass is 16.4. The van der Waals surface area contributed by atoms with E-state index in [1.54, 1.807) is 0 Å². The third kappa shape index (κ3) is 1.82. The SMILES string of the molecule is [2H]C([2H])([2H])C([2H])([2H])c1ccccc1B(O)O. The van der Waals surface area contributed by atoms with Crippen molar-refractivity contribution < 1.29 is 16.9 Å². The summed E-state index contributed by atoms with van der Waals surface area (Å²) in [4.78, 5) is 0. The first kappa shape index (κ1) is 3.74. The molecule has 2 N–H and O–H groups in total. The number of hydrogen-bond acceptors (Lipinski definition) is 2. The monoisotopic (exact) mass is 155 g/mol. The fourth-order valence-electron chi connectivity index (χ4n) is 0.836. The molecule has 0 saturated heterocycles. The highest BCUT2D eigenvalue weighted by Crippen LogP contribution is 1.96. The molecule has 1 aromatic rings. The summed E-state index contributed by atoms with van der Waals surface area (Å²) < 4.78 is 36.4. The summed E-state index contributed by atoms with van der Waals surface area (Å²) in [6.45, 7) is -2.86. The van der Waals surface area contributed by atoms with E-state index in [1.807, 2.05) is 0 Å². The zero-order valence-corrected chi connectivity index (χ0v) is 5.78. The van der Waals surface area contributed by atoms with Gasteiger partial charge in [0.05, 0.1) is 0 Å². The highest BCUT2D eigenvalue weighted by molar-refractivity contribution is 6.59. The summed E-state index contributed by atoms with van der Waals surface area (Å²) >= 11 is 0. The Kier molecular flexibility index (Phi) is 1.21. The van der Waals surface area contributed by atoms with Gasteiger partial charge in [-0.15, -0.1) is 0 Å². The molecule has 0 aromatic heterocycles. The molecule has 0 amide bonds. The second kappa shape index (κ2) is 3.55. The summed E-state index contributed by atoms with van der Waals surface area (Å²) in [5.74, 6) is 0. The quantitative estimate of drug-likeness (QED) is 0.587. The molecular weight excluding hydrogens is 139 g/mol. The molecule has 0 aliphatic rings. The van der Waals surface area contributed by atoms with Gasteiger partial charge in [0, 0.05) is 6.85 Å². The van der Waals surface area contributed by atoms with Crippen molar-refractivity contribution in [2.45, 2.75) is 13.2 Å². The third-order valence-electron chi connectivity index (χ3n) is 1.37. The van der Waals surface area contributed by atoms with Crippen molar-refractivity contribution in [1.29, 1.82) is 0 Å². The van der Waals surface area contributed by atoms with Crippen molar-refractivity contribution >= 4 is 12.6 Å². The van der Waals surface area contributed by atoms with Gasteiger partial charge in [-0.3, -0.25) is 0 Å². The van der Waals surface area contributed by atoms with Crippen LogP contribution in [0.3, 0.4) is 0 Å². The predicted molar refractivity (Wildman–Crippen MR) is 45.6 cm³/mol. The van der Waals surface area contributed by atoms with Crippen LogP contribution in [-0.2, 0) is 6.37 Å². The van der Waals surface area contributed by atoms with E-state index in [2.05, 4.69) is 0 Å². The second-order valence-corrected chi connectivity index (χ2v) is 2.09. The molecule has 1 rings (SSSR count). The lowest BCUT2D eigenvalue weighted by Gasteiger charge is -2.04. The van der Waals surface area contributed by atoms with Crippen LogP contribution in [0.2, 0.25) is 0 Å². The van der Waals surface area contributed by atoms with E-state index in [0.29, 0.717) is 0 Å². The van der Waals surface area contributed by atoms with Gasteiger partial charge in [-0.25, -0.2) is 0 Å². The molecule has 2 nitrogen and oxygen atoms in total. The van der Waals surface area contributed by atoms with Gasteiger partial charge < -0.3 is 10.0 Å². The molecule has 0 atom stereocenters. The predicted octanol–water partition coefficient (Wildman–Crippen LogP) is -0.0712. The van der Waals surface area contributed by atoms with Crippen molar-refractivity contribution in [3.63, 3.8) is 0 Å². The van der Waals surface area contributed by atoms with Gasteiger partial charge in [0.1, 0.15) is 0 Å². The largest absolute Gasteiger partial charge is 0.488 e. The van der Waals surface area contributed by atoms with E-state index >= 15 is 0 Å². The molecule has 11 heavy (non-hydrogen) atoms. The van der Waals surface area contributed by atoms with Gasteiger partial charge in [0.15, 0.2) is 0 Å². The zero-order chi connectivity index (χ0) is 12.6. The van der Waals surface area contributed by atoms with Crippen LogP contribution in [0.15, 0.2) is 24.3 Å². The van der Waals surface area contributed by atoms with E-state index < -0.39 is 20.3 Å². The summed E-state index contributed by atoms with van der Waals surface area (Å²) in [6, 6.07) is 5.45. The van der Waals surface area contributed by atoms with Crippen LogP contribution in [0.1, 0.15) is 19.3 Å². The van der Waals surface area contributed by atoms with Crippen molar-refractivity contribution in [2.24, 2.45) is 0 Å². The molecule has 0 unspecified atom stereocenters. The first-order valence-electron chi connectivity index (χ1n) is 5.63. The summed E-state index contributed by atoms with van der Waals surface area (Å²) in [6.07, 6.45) is -2.62. The topological polar surface area (TPSA) is 40.5 Å². The Bertz CT molecular complexity index is 377. The lowest BCUT2D eigenvalue weighted by molar-refractivity contribution is 0.425. The highest BCUT2D eigenvalue weighted by Gasteiger charge is 2.13. The fourth-order valence-corrected chi connectivity index (χ4v) is 0.836. The normalized spacial score (nSPS) is 18.9. The van der Waals surface area contributed by atoms with E-state index in [0.717, 1.165) is 0 Å². The van der Waals surface area contributed by atoms with Crippen LogP contribution in [0.25, 0.3) is 0 Å². The average molecular weight is 155 g/mol. The maximum Gasteiger partial charge on any atom is 0.488 e. The standard InChI is InChI=1S/C8H11BO2/c1-2-7-5-3-4-6-8(7)9(10)11/h3-6,10-11H,2H2,1H3/i1D3,2D2. The third-order valence-corrected chi connectivity index (χ3v) is 1.37. The second-order valence-electron chi connectivity index (χ2n) is 2.09. The van der Waals surface area contributed by atoms with E-state index in [1.165, 1.54) is 24.3 Å². The number of benzene rings is 1. The minimum atomic E-state index is -2.86. The van der Waals surface area contributed by atoms with Crippen LogP contribution in [0.5, 0.6) is 0 Å². The Labute approximate surface area is 73.7 Å². The van der Waals surface area contributed by atoms with Crippen molar-refractivity contribution in [3.8, 4) is 0 Å². The van der Waals surface area contributed by atoms with Gasteiger partial charge in [-0.05, 0) is 17.4 Å². The molecule has 0 saturated carbocycles. The molecular formula is C8H11BO2. The van der Waals surface area contributed by atoms with Gasteiger partial charge in [0.2, 0.25) is 0 Å². The smallest absolute Gasteiger partial charge is 0.423 e. The average Bonchev–Trinajstić information content (AvgIpc) is 2.16. The first-order valence-corrected chi connectivity index (χ1v) is 3.13. The van der Waals surface area contributed by atoms with E-state index in [4.69, 9.17) is 16.9 Å². The summed E-state index contributed by atoms with van der Waals surface area (Å²) in [5.41, 5.74) is -0.367. The molecule has 0 spiro atoms. The lowest BCUT2D eigenvalue weighted by Crippen LogP contribution is -2.32. The Morgan fingerprint density at radius 1 is 1.55 bits per heavy atom. The van der Waals surface area contributed by atoms with Gasteiger partial charge in [0.25, 0.3) is 0 Å². The Morgan fingerprint density at radius 3 is 2.91 bits per heavy atom. The maximum absolute atomic E-state index is 9.04. The molecule has 58 valence electrons. The molecule has 0 bridgehead atoms. The minimum absolute atomic E-state index is 0.136. The molecule has 3 heteroatoms. The van der Waals surface area contributed by atoms with Crippen LogP contribution >= 0.6 is 0 Å². The van der Waals surface area contributed by atoms with Crippen molar-refractivity contribution in [1.82, 2.24) is 0 Å². The van der Waals surface area contributed by atoms with Crippen LogP contribution in [0, 0.1) is 0 Å². The Morgan fingerprint density at radius 2 is 2.27 bits per heavy atom. The summed E-state index contributed by atoms with van der Waals surface area (Å²) in [7, 11) is -1.89. The number of aryl methyl sites for hydroxylation is 1. The minimum Gasteiger partial charge on any atom is -0.423 e. The molecule has 0 aliphatic heterocycles. The van der Waals surface area contributed by atoms with Crippen LogP contribution in [0.4, 0.5) is 0 Å². The molecule has 1 aromatic carbocycles. The van der Waals surface area contributed by atoms with E-state index in [-0.39, 0.29) is 11.0 Å². The van der Waals surface area contributed by atoms with Crippen LogP contribution in [-0.4, -0.2) is 17.2 Å². The van der Waals surface area contributed by atoms with Gasteiger partial charge >= 0.3 is 7.12 Å². The van der Waals surface area contributed by atoms with Crippen molar-refractivity contribution in [3.05, 3.63) is 29.8 Å². The lowest BCUT2D eigenvalue weighted by atomic mass is 9.76. The maximum atomic E-state index is 9.04. The molecule has 0 aliphatic carbocycles. The number of rotatable bonds is 2. The Hall–Kier alpha value is -0.795. The number of hydrogen-bond donors (Lipinski definition) is 2. The van der Waals surface area contributed by atoms with E-state index in [9.17, 15) is 0 Å². The van der Waals surface area contributed by atoms with Crippen LogP contribution < -0.4 is 5.46 Å². The fraction of sp³-hybridized carbons (Fsp3) is 0.250. The zero-order valence-electron chi connectivity index (χ0n) is 10.8. The molecule has 0 heterocycles. The Balaban J connectivity index is 3.33.